The highest BCUT2D eigenvalue weighted by molar-refractivity contribution is 7.71. The SMILES string of the molecule is Cc1ccc2[nH]c(=S)n(-c3ccc(-c4ccc(-n5c(=S)[nH]c6ccc(C)cc6c5=O)cc4)cc3)c(=O)c2c1. The number of aryl methyl sites for hydroxylation is 2. The molecule has 38 heavy (non-hydrogen) atoms. The average molecular weight is 535 g/mol. The largest absolute Gasteiger partial charge is 0.331 e. The predicted molar refractivity (Wildman–Crippen MR) is 158 cm³/mol. The molecule has 0 spiro atoms. The first-order valence-electron chi connectivity index (χ1n) is 12.0. The van der Waals surface area contributed by atoms with Crippen LogP contribution in [0.4, 0.5) is 0 Å². The number of hydrogen-bond acceptors (Lipinski definition) is 4. The quantitative estimate of drug-likeness (QED) is 0.248. The van der Waals surface area contributed by atoms with E-state index in [0.717, 1.165) is 33.3 Å². The first-order valence-corrected chi connectivity index (χ1v) is 12.8. The number of hydrogen-bond donors (Lipinski definition) is 2. The van der Waals surface area contributed by atoms with Gasteiger partial charge in [0.25, 0.3) is 11.1 Å². The van der Waals surface area contributed by atoms with Gasteiger partial charge in [-0.05, 0) is 97.9 Å². The van der Waals surface area contributed by atoms with E-state index < -0.39 is 0 Å². The number of nitrogens with zero attached hydrogens (tertiary/aromatic N) is 2. The Balaban J connectivity index is 1.37. The molecule has 0 aliphatic carbocycles. The topological polar surface area (TPSA) is 75.6 Å². The second-order valence-corrected chi connectivity index (χ2v) is 10.1. The maximum atomic E-state index is 13.2. The van der Waals surface area contributed by atoms with Crippen LogP contribution in [0, 0.1) is 23.4 Å². The maximum Gasteiger partial charge on any atom is 0.266 e. The van der Waals surface area contributed by atoms with Crippen molar-refractivity contribution in [1.82, 2.24) is 19.1 Å². The zero-order valence-corrected chi connectivity index (χ0v) is 22.2. The molecular weight excluding hydrogens is 512 g/mol. The summed E-state index contributed by atoms with van der Waals surface area (Å²) >= 11 is 11.0. The van der Waals surface area contributed by atoms with Crippen molar-refractivity contribution in [3.63, 3.8) is 0 Å². The Bertz CT molecular complexity index is 1960. The van der Waals surface area contributed by atoms with Crippen LogP contribution in [0.1, 0.15) is 11.1 Å². The minimum absolute atomic E-state index is 0.155. The van der Waals surface area contributed by atoms with Crippen molar-refractivity contribution in [2.24, 2.45) is 0 Å². The molecule has 0 saturated carbocycles. The van der Waals surface area contributed by atoms with Gasteiger partial charge in [0.05, 0.1) is 33.2 Å². The van der Waals surface area contributed by atoms with Crippen molar-refractivity contribution in [3.8, 4) is 22.5 Å². The van der Waals surface area contributed by atoms with Crippen molar-refractivity contribution in [1.29, 1.82) is 0 Å². The maximum absolute atomic E-state index is 13.2. The summed E-state index contributed by atoms with van der Waals surface area (Å²) in [7, 11) is 0. The number of rotatable bonds is 3. The summed E-state index contributed by atoms with van der Waals surface area (Å²) in [5.41, 5.74) is 6.44. The van der Waals surface area contributed by atoms with Gasteiger partial charge in [-0.1, -0.05) is 47.5 Å². The van der Waals surface area contributed by atoms with Crippen molar-refractivity contribution in [2.45, 2.75) is 13.8 Å². The zero-order chi connectivity index (χ0) is 26.6. The highest BCUT2D eigenvalue weighted by atomic mass is 32.1. The minimum atomic E-state index is -0.155. The van der Waals surface area contributed by atoms with Crippen LogP contribution in [0.2, 0.25) is 0 Å². The van der Waals surface area contributed by atoms with E-state index in [9.17, 15) is 9.59 Å². The molecule has 6 nitrogen and oxygen atoms in total. The molecular formula is C30H22N4O2S2. The average Bonchev–Trinajstić information content (AvgIpc) is 2.91. The van der Waals surface area contributed by atoms with E-state index in [2.05, 4.69) is 9.97 Å². The lowest BCUT2D eigenvalue weighted by atomic mass is 10.0. The van der Waals surface area contributed by atoms with Gasteiger partial charge in [-0.15, -0.1) is 0 Å². The number of benzene rings is 4. The Morgan fingerprint density at radius 2 is 0.921 bits per heavy atom. The highest BCUT2D eigenvalue weighted by Gasteiger charge is 2.10. The van der Waals surface area contributed by atoms with E-state index >= 15 is 0 Å². The second-order valence-electron chi connectivity index (χ2n) is 9.33. The fraction of sp³-hybridized carbons (Fsp3) is 0.0667. The number of aromatic amines is 2. The highest BCUT2D eigenvalue weighted by Crippen LogP contribution is 2.23. The number of nitrogens with one attached hydrogen (secondary N) is 2. The van der Waals surface area contributed by atoms with E-state index in [1.165, 1.54) is 9.13 Å². The third-order valence-corrected chi connectivity index (χ3v) is 7.26. The summed E-state index contributed by atoms with van der Waals surface area (Å²) in [6.45, 7) is 3.91. The smallest absolute Gasteiger partial charge is 0.266 e. The Morgan fingerprint density at radius 1 is 0.553 bits per heavy atom. The van der Waals surface area contributed by atoms with Gasteiger partial charge in [0.15, 0.2) is 9.54 Å². The van der Waals surface area contributed by atoms with Crippen LogP contribution in [0.3, 0.4) is 0 Å². The van der Waals surface area contributed by atoms with E-state index in [1.807, 2.05) is 98.8 Å². The fourth-order valence-electron chi connectivity index (χ4n) is 4.73. The first-order chi connectivity index (χ1) is 18.3. The molecule has 0 unspecified atom stereocenters. The molecule has 0 saturated heterocycles. The van der Waals surface area contributed by atoms with E-state index in [-0.39, 0.29) is 11.1 Å². The molecule has 2 aromatic heterocycles. The molecule has 0 fully saturated rings. The summed E-state index contributed by atoms with van der Waals surface area (Å²) in [6.07, 6.45) is 0. The van der Waals surface area contributed by atoms with Crippen LogP contribution >= 0.6 is 24.4 Å². The molecule has 0 radical (unpaired) electrons. The molecule has 0 amide bonds. The third kappa shape index (κ3) is 4.04. The Morgan fingerprint density at radius 3 is 1.29 bits per heavy atom. The number of H-pyrrole nitrogens is 2. The summed E-state index contributed by atoms with van der Waals surface area (Å²) in [4.78, 5) is 32.8. The van der Waals surface area contributed by atoms with E-state index in [0.29, 0.717) is 31.7 Å². The van der Waals surface area contributed by atoms with Crippen LogP contribution in [-0.4, -0.2) is 19.1 Å². The second kappa shape index (κ2) is 9.16. The van der Waals surface area contributed by atoms with Crippen molar-refractivity contribution in [2.75, 3.05) is 0 Å². The molecule has 0 atom stereocenters. The van der Waals surface area contributed by atoms with Crippen LogP contribution in [0.25, 0.3) is 44.3 Å². The monoisotopic (exact) mass is 534 g/mol. The molecule has 2 N–H and O–H groups in total. The molecule has 2 heterocycles. The molecule has 0 aliphatic heterocycles. The lowest BCUT2D eigenvalue weighted by molar-refractivity contribution is 0.939. The van der Waals surface area contributed by atoms with Crippen LogP contribution < -0.4 is 11.1 Å². The summed E-state index contributed by atoms with van der Waals surface area (Å²) in [5, 5.41) is 1.19. The van der Waals surface area contributed by atoms with Crippen LogP contribution in [0.15, 0.2) is 94.5 Å². The predicted octanol–water partition coefficient (Wildman–Crippen LogP) is 6.69. The molecule has 8 heteroatoms. The number of aromatic nitrogens is 4. The fourth-order valence-corrected chi connectivity index (χ4v) is 5.33. The third-order valence-electron chi connectivity index (χ3n) is 6.69. The van der Waals surface area contributed by atoms with Gasteiger partial charge in [-0.2, -0.15) is 0 Å². The molecule has 0 aliphatic rings. The lowest BCUT2D eigenvalue weighted by Gasteiger charge is -2.11. The summed E-state index contributed by atoms with van der Waals surface area (Å²) in [6, 6.07) is 26.7. The number of fused-ring (bicyclic) bond motifs is 2. The van der Waals surface area contributed by atoms with Gasteiger partial charge < -0.3 is 9.97 Å². The van der Waals surface area contributed by atoms with Crippen LogP contribution in [0.5, 0.6) is 0 Å². The van der Waals surface area contributed by atoms with Gasteiger partial charge in [-0.25, -0.2) is 0 Å². The lowest BCUT2D eigenvalue weighted by Crippen LogP contribution is -2.20. The van der Waals surface area contributed by atoms with Crippen LogP contribution in [-0.2, 0) is 0 Å². The Labute approximate surface area is 227 Å². The van der Waals surface area contributed by atoms with E-state index in [4.69, 9.17) is 24.4 Å². The standard InChI is InChI=1S/C30H22N4O2S2/c1-17-3-13-25-23(15-17)27(35)33(29(37)31-25)21-9-5-19(6-10-21)20-7-11-22(12-8-20)34-28(36)24-16-18(2)4-14-26(24)32-30(34)38/h3-16H,1-2H3,(H,31,37)(H,32,38). The first kappa shape index (κ1) is 24.0. The minimum Gasteiger partial charge on any atom is -0.331 e. The summed E-state index contributed by atoms with van der Waals surface area (Å²) in [5.74, 6) is 0. The van der Waals surface area contributed by atoms with Gasteiger partial charge in [0.1, 0.15) is 0 Å². The molecule has 0 bridgehead atoms. The van der Waals surface area contributed by atoms with Gasteiger partial charge >= 0.3 is 0 Å². The molecule has 186 valence electrons. The van der Waals surface area contributed by atoms with Gasteiger partial charge in [-0.3, -0.25) is 18.7 Å². The van der Waals surface area contributed by atoms with E-state index in [1.54, 1.807) is 0 Å². The Kier molecular flexibility index (Phi) is 5.78. The van der Waals surface area contributed by atoms with Crippen molar-refractivity contribution >= 4 is 46.2 Å². The van der Waals surface area contributed by atoms with Crippen molar-refractivity contribution < 1.29 is 0 Å². The summed E-state index contributed by atoms with van der Waals surface area (Å²) < 4.78 is 3.71. The Hall–Kier alpha value is -4.40. The molecule has 6 rings (SSSR count). The van der Waals surface area contributed by atoms with Gasteiger partial charge in [0, 0.05) is 0 Å². The normalized spacial score (nSPS) is 11.3. The zero-order valence-electron chi connectivity index (χ0n) is 20.6. The van der Waals surface area contributed by atoms with Gasteiger partial charge in [0.2, 0.25) is 0 Å². The molecule has 4 aromatic carbocycles. The molecule has 6 aromatic rings. The van der Waals surface area contributed by atoms with Crippen molar-refractivity contribution in [3.05, 3.63) is 126 Å².